The normalized spacial score (nSPS) is 11.7. The van der Waals surface area contributed by atoms with Crippen LogP contribution in [0.25, 0.3) is 11.0 Å². The van der Waals surface area contributed by atoms with Crippen LogP contribution < -0.4 is 5.73 Å². The first kappa shape index (κ1) is 13.0. The molecule has 1 amide bonds. The van der Waals surface area contributed by atoms with Crippen molar-refractivity contribution < 1.29 is 9.53 Å². The van der Waals surface area contributed by atoms with Gasteiger partial charge in [-0.25, -0.2) is 4.79 Å². The number of carbonyl (C=O) groups is 1. The van der Waals surface area contributed by atoms with Crippen molar-refractivity contribution in [2.75, 3.05) is 6.61 Å². The summed E-state index contributed by atoms with van der Waals surface area (Å²) in [5.41, 5.74) is 7.09. The van der Waals surface area contributed by atoms with E-state index in [1.165, 1.54) is 4.68 Å². The van der Waals surface area contributed by atoms with Gasteiger partial charge in [0.2, 0.25) is 5.96 Å². The molecule has 0 spiro atoms. The minimum atomic E-state index is -0.717. The zero-order valence-corrected chi connectivity index (χ0v) is 10.6. The Morgan fingerprint density at radius 2 is 2.26 bits per heavy atom. The van der Waals surface area contributed by atoms with Crippen LogP contribution in [0.3, 0.4) is 0 Å². The van der Waals surface area contributed by atoms with Gasteiger partial charge in [0, 0.05) is 0 Å². The van der Waals surface area contributed by atoms with Crippen molar-refractivity contribution in [2.24, 2.45) is 10.7 Å². The summed E-state index contributed by atoms with van der Waals surface area (Å²) >= 11 is 0. The van der Waals surface area contributed by atoms with Gasteiger partial charge in [0.15, 0.2) is 0 Å². The fourth-order valence-electron chi connectivity index (χ4n) is 1.52. The first-order chi connectivity index (χ1) is 9.22. The highest BCUT2D eigenvalue weighted by Gasteiger charge is 2.09. The summed E-state index contributed by atoms with van der Waals surface area (Å²) in [6.07, 6.45) is 1.03. The van der Waals surface area contributed by atoms with Crippen LogP contribution in [0.2, 0.25) is 0 Å². The lowest BCUT2D eigenvalue weighted by atomic mass is 10.3. The average molecular weight is 261 g/mol. The number of aliphatic imine (C=N–C) groups is 1. The molecule has 1 heterocycles. The van der Waals surface area contributed by atoms with Crippen molar-refractivity contribution in [1.29, 1.82) is 0 Å². The van der Waals surface area contributed by atoms with Gasteiger partial charge in [0.05, 0.1) is 12.1 Å². The molecule has 100 valence electrons. The number of hydrogen-bond donors (Lipinski definition) is 1. The minimum absolute atomic E-state index is 0.0600. The molecule has 19 heavy (non-hydrogen) atoms. The largest absolute Gasteiger partial charge is 0.448 e. The van der Waals surface area contributed by atoms with Gasteiger partial charge in [-0.15, -0.1) is 10.1 Å². The number of ether oxygens (including phenoxy) is 1. The maximum atomic E-state index is 11.4. The maximum absolute atomic E-state index is 11.4. The molecule has 0 atom stereocenters. The van der Waals surface area contributed by atoms with Crippen molar-refractivity contribution in [3.8, 4) is 0 Å². The molecule has 2 aromatic rings. The van der Waals surface area contributed by atoms with Crippen LogP contribution in [0.4, 0.5) is 4.79 Å². The number of para-hydroxylation sites is 1. The maximum Gasteiger partial charge on any atom is 0.436 e. The van der Waals surface area contributed by atoms with E-state index < -0.39 is 6.09 Å². The van der Waals surface area contributed by atoms with Crippen molar-refractivity contribution in [2.45, 2.75) is 19.8 Å². The third kappa shape index (κ3) is 3.06. The van der Waals surface area contributed by atoms with Crippen molar-refractivity contribution in [3.05, 3.63) is 24.3 Å². The number of benzene rings is 1. The zero-order chi connectivity index (χ0) is 13.7. The number of unbranched alkanes of at least 4 members (excludes halogenated alkanes) is 1. The molecule has 7 nitrogen and oxygen atoms in total. The molecule has 1 aromatic heterocycles. The highest BCUT2D eigenvalue weighted by Crippen LogP contribution is 2.08. The lowest BCUT2D eigenvalue weighted by molar-refractivity contribution is 0.155. The van der Waals surface area contributed by atoms with E-state index in [2.05, 4.69) is 15.3 Å². The fraction of sp³-hybridized carbons (Fsp3) is 0.333. The summed E-state index contributed by atoms with van der Waals surface area (Å²) in [6, 6.07) is 7.26. The van der Waals surface area contributed by atoms with Crippen molar-refractivity contribution in [1.82, 2.24) is 15.0 Å². The quantitative estimate of drug-likeness (QED) is 0.513. The molecular formula is C12H15N5O2. The molecule has 7 heteroatoms. The van der Waals surface area contributed by atoms with E-state index in [0.29, 0.717) is 17.6 Å². The number of fused-ring (bicyclic) bond motifs is 1. The summed E-state index contributed by atoms with van der Waals surface area (Å²) in [7, 11) is 0. The summed E-state index contributed by atoms with van der Waals surface area (Å²) in [5.74, 6) is -0.0600. The van der Waals surface area contributed by atoms with E-state index in [-0.39, 0.29) is 5.96 Å². The molecule has 0 unspecified atom stereocenters. The van der Waals surface area contributed by atoms with Crippen molar-refractivity contribution in [3.63, 3.8) is 0 Å². The second-order valence-corrected chi connectivity index (χ2v) is 3.93. The number of nitrogens with two attached hydrogens (primary N) is 1. The highest BCUT2D eigenvalue weighted by atomic mass is 16.5. The topological polar surface area (TPSA) is 95.4 Å². The summed E-state index contributed by atoms with van der Waals surface area (Å²) in [6.45, 7) is 2.34. The van der Waals surface area contributed by atoms with Gasteiger partial charge in [-0.1, -0.05) is 30.7 Å². The minimum Gasteiger partial charge on any atom is -0.448 e. The first-order valence-electron chi connectivity index (χ1n) is 6.04. The van der Waals surface area contributed by atoms with Crippen molar-refractivity contribution >= 4 is 23.1 Å². The summed E-state index contributed by atoms with van der Waals surface area (Å²) < 4.78 is 6.20. The molecule has 0 saturated heterocycles. The molecule has 0 saturated carbocycles. The summed E-state index contributed by atoms with van der Waals surface area (Å²) in [5, 5.41) is 7.77. The molecule has 0 aliphatic carbocycles. The van der Waals surface area contributed by atoms with E-state index in [1.54, 1.807) is 12.1 Å². The molecule has 0 bridgehead atoms. The Kier molecular flexibility index (Phi) is 4.07. The molecule has 2 N–H and O–H groups in total. The second-order valence-electron chi connectivity index (χ2n) is 3.93. The standard InChI is InChI=1S/C12H15N5O2/c1-2-3-8-19-12(18)14-11(13)17-10-7-5-4-6-9(10)15-16-17/h4-7H,2-3,8H2,1H3,(H2,13,14,18). The smallest absolute Gasteiger partial charge is 0.436 e. The zero-order valence-electron chi connectivity index (χ0n) is 10.6. The van der Waals surface area contributed by atoms with Gasteiger partial charge in [0.25, 0.3) is 0 Å². The predicted octanol–water partition coefficient (Wildman–Crippen LogP) is 1.53. The predicted molar refractivity (Wildman–Crippen MR) is 70.8 cm³/mol. The Morgan fingerprint density at radius 1 is 1.47 bits per heavy atom. The number of hydrogen-bond acceptors (Lipinski definition) is 4. The van der Waals surface area contributed by atoms with E-state index in [1.807, 2.05) is 19.1 Å². The van der Waals surface area contributed by atoms with Crippen LogP contribution in [0.1, 0.15) is 19.8 Å². The first-order valence-corrected chi connectivity index (χ1v) is 6.04. The second kappa shape index (κ2) is 5.94. The molecule has 0 aliphatic rings. The SMILES string of the molecule is CCCCOC(=O)N=C(N)n1nnc2ccccc21. The third-order valence-corrected chi connectivity index (χ3v) is 2.50. The number of amides is 1. The lowest BCUT2D eigenvalue weighted by Gasteiger charge is -2.02. The molecule has 2 rings (SSSR count). The van der Waals surface area contributed by atoms with E-state index in [4.69, 9.17) is 10.5 Å². The van der Waals surface area contributed by atoms with Gasteiger partial charge in [-0.3, -0.25) is 0 Å². The Morgan fingerprint density at radius 3 is 3.05 bits per heavy atom. The molecule has 0 radical (unpaired) electrons. The molecular weight excluding hydrogens is 246 g/mol. The average Bonchev–Trinajstić information content (AvgIpc) is 2.83. The Balaban J connectivity index is 2.14. The van der Waals surface area contributed by atoms with E-state index in [0.717, 1.165) is 12.8 Å². The van der Waals surface area contributed by atoms with Crippen LogP contribution in [-0.2, 0) is 4.74 Å². The van der Waals surface area contributed by atoms with E-state index in [9.17, 15) is 4.79 Å². The van der Waals surface area contributed by atoms with Gasteiger partial charge < -0.3 is 10.5 Å². The van der Waals surface area contributed by atoms with Crippen LogP contribution >= 0.6 is 0 Å². The Labute approximate surface area is 110 Å². The fourth-order valence-corrected chi connectivity index (χ4v) is 1.52. The van der Waals surface area contributed by atoms with E-state index >= 15 is 0 Å². The van der Waals surface area contributed by atoms with Crippen LogP contribution in [0.15, 0.2) is 29.3 Å². The monoisotopic (exact) mass is 261 g/mol. The van der Waals surface area contributed by atoms with Gasteiger partial charge in [-0.05, 0) is 18.6 Å². The number of carbonyl (C=O) groups excluding carboxylic acids is 1. The highest BCUT2D eigenvalue weighted by molar-refractivity contribution is 5.95. The van der Waals surface area contributed by atoms with Gasteiger partial charge >= 0.3 is 6.09 Å². The lowest BCUT2D eigenvalue weighted by Crippen LogP contribution is -2.25. The number of rotatable bonds is 3. The Bertz CT molecular complexity index is 605. The number of aromatic nitrogens is 3. The molecule has 0 aliphatic heterocycles. The van der Waals surface area contributed by atoms with Crippen LogP contribution in [-0.4, -0.2) is 33.7 Å². The third-order valence-electron chi connectivity index (χ3n) is 2.50. The summed E-state index contributed by atoms with van der Waals surface area (Å²) in [4.78, 5) is 15.0. The van der Waals surface area contributed by atoms with Gasteiger partial charge in [0.1, 0.15) is 5.52 Å². The van der Waals surface area contributed by atoms with Gasteiger partial charge in [-0.2, -0.15) is 4.68 Å². The van der Waals surface area contributed by atoms with Crippen LogP contribution in [0, 0.1) is 0 Å². The molecule has 0 fully saturated rings. The van der Waals surface area contributed by atoms with Crippen LogP contribution in [0.5, 0.6) is 0 Å². The Hall–Kier alpha value is -2.44. The molecule has 1 aromatic carbocycles. The number of nitrogens with zero attached hydrogens (tertiary/aromatic N) is 4.